The lowest BCUT2D eigenvalue weighted by molar-refractivity contribution is -0.137. The second kappa shape index (κ2) is 7.86. The molecule has 31 heavy (non-hydrogen) atoms. The average Bonchev–Trinajstić information content (AvgIpc) is 3.21. The summed E-state index contributed by atoms with van der Waals surface area (Å²) < 4.78 is 66.5. The Labute approximate surface area is 180 Å². The number of benzene rings is 2. The molecule has 2 heterocycles. The summed E-state index contributed by atoms with van der Waals surface area (Å²) in [5.41, 5.74) is 0.134. The number of thiophene rings is 1. The molecule has 1 aliphatic rings. The van der Waals surface area contributed by atoms with E-state index in [0.717, 1.165) is 39.5 Å². The first kappa shape index (κ1) is 21.1. The summed E-state index contributed by atoms with van der Waals surface area (Å²) in [6, 6.07) is 14.7. The van der Waals surface area contributed by atoms with Crippen LogP contribution in [0.4, 0.5) is 24.5 Å². The third-order valence-corrected chi connectivity index (χ3v) is 7.31. The first-order valence-corrected chi connectivity index (χ1v) is 11.3. The number of Topliss-reactive ketones (excluding diaryl/α,β-unsaturated/α-hetero) is 1. The van der Waals surface area contributed by atoms with E-state index in [2.05, 4.69) is 5.32 Å². The van der Waals surface area contributed by atoms with Crippen molar-refractivity contribution in [3.63, 3.8) is 0 Å². The van der Waals surface area contributed by atoms with Crippen molar-refractivity contribution in [3.05, 3.63) is 93.2 Å². The molecule has 10 heteroatoms. The predicted octanol–water partition coefficient (Wildman–Crippen LogP) is 5.25. The Morgan fingerprint density at radius 3 is 2.48 bits per heavy atom. The summed E-state index contributed by atoms with van der Waals surface area (Å²) >= 11 is 1.11. The number of nitrogens with zero attached hydrogens (tertiary/aromatic N) is 1. The van der Waals surface area contributed by atoms with Crippen LogP contribution in [0.25, 0.3) is 0 Å². The minimum absolute atomic E-state index is 0.0110. The van der Waals surface area contributed by atoms with Crippen LogP contribution in [0.1, 0.15) is 20.8 Å². The lowest BCUT2D eigenvalue weighted by atomic mass is 10.2. The number of hydrogen-bond donors (Lipinski definition) is 1. The van der Waals surface area contributed by atoms with Crippen LogP contribution in [0.2, 0.25) is 0 Å². The van der Waals surface area contributed by atoms with E-state index >= 15 is 0 Å². The third kappa shape index (κ3) is 4.08. The number of hydrogen-bond acceptors (Lipinski definition) is 5. The van der Waals surface area contributed by atoms with E-state index in [0.29, 0.717) is 0 Å². The van der Waals surface area contributed by atoms with Gasteiger partial charge in [0.15, 0.2) is 4.91 Å². The van der Waals surface area contributed by atoms with Gasteiger partial charge in [0.2, 0.25) is 5.78 Å². The van der Waals surface area contributed by atoms with Gasteiger partial charge in [0, 0.05) is 11.9 Å². The maximum atomic E-state index is 13.3. The molecule has 0 unspecified atom stereocenters. The molecule has 0 saturated heterocycles. The van der Waals surface area contributed by atoms with Crippen molar-refractivity contribution in [2.75, 3.05) is 9.62 Å². The molecular weight excluding hydrogens is 449 g/mol. The van der Waals surface area contributed by atoms with Crippen LogP contribution in [0.15, 0.2) is 77.1 Å². The monoisotopic (exact) mass is 464 g/mol. The number of fused-ring (bicyclic) bond motifs is 1. The van der Waals surface area contributed by atoms with Crippen molar-refractivity contribution >= 4 is 38.5 Å². The summed E-state index contributed by atoms with van der Waals surface area (Å²) in [6.45, 7) is 0.0150. The van der Waals surface area contributed by atoms with Crippen LogP contribution in [0.3, 0.4) is 0 Å². The molecule has 0 fully saturated rings. The van der Waals surface area contributed by atoms with Crippen LogP contribution in [-0.2, 0) is 22.7 Å². The van der Waals surface area contributed by atoms with E-state index < -0.39 is 32.5 Å². The van der Waals surface area contributed by atoms with Gasteiger partial charge >= 0.3 is 6.18 Å². The van der Waals surface area contributed by atoms with E-state index in [9.17, 15) is 26.4 Å². The quantitative estimate of drug-likeness (QED) is 0.536. The van der Waals surface area contributed by atoms with E-state index in [-0.39, 0.29) is 22.8 Å². The molecule has 0 saturated carbocycles. The maximum Gasteiger partial charge on any atom is 0.416 e. The number of sulfonamides is 1. The molecule has 0 atom stereocenters. The minimum atomic E-state index is -4.55. The van der Waals surface area contributed by atoms with Gasteiger partial charge in [-0.3, -0.25) is 9.10 Å². The minimum Gasteiger partial charge on any atom is -0.360 e. The zero-order valence-electron chi connectivity index (χ0n) is 15.8. The normalized spacial score (nSPS) is 16.9. The van der Waals surface area contributed by atoms with Gasteiger partial charge in [-0.25, -0.2) is 8.42 Å². The molecule has 1 aliphatic heterocycles. The number of ketones is 1. The van der Waals surface area contributed by atoms with Gasteiger partial charge in [-0.15, -0.1) is 11.3 Å². The number of carbonyl (C=O) groups is 1. The molecule has 1 N–H and O–H groups in total. The van der Waals surface area contributed by atoms with E-state index in [1.807, 2.05) is 0 Å². The van der Waals surface area contributed by atoms with Gasteiger partial charge in [0.1, 0.15) is 4.88 Å². The van der Waals surface area contributed by atoms with Gasteiger partial charge in [-0.1, -0.05) is 36.4 Å². The molecule has 0 radical (unpaired) electrons. The fraction of sp³-hybridized carbons (Fsp3) is 0.0952. The van der Waals surface area contributed by atoms with Crippen LogP contribution in [0, 0.1) is 0 Å². The first-order chi connectivity index (χ1) is 14.7. The molecule has 160 valence electrons. The van der Waals surface area contributed by atoms with Gasteiger partial charge in [0.25, 0.3) is 10.0 Å². The summed E-state index contributed by atoms with van der Waals surface area (Å²) in [5.74, 6) is -0.700. The van der Waals surface area contributed by atoms with Crippen LogP contribution < -0.4 is 9.62 Å². The van der Waals surface area contributed by atoms with Crippen LogP contribution in [0.5, 0.6) is 0 Å². The Bertz CT molecular complexity index is 1270. The SMILES string of the molecule is O=C1/C(=C\Nc2cccc(C(F)(F)F)c2)S(=O)(=O)N(Cc2ccccc2)c2ccsc21. The van der Waals surface area contributed by atoms with Crippen LogP contribution >= 0.6 is 11.3 Å². The number of carbonyl (C=O) groups excluding carboxylic acids is 1. The Hall–Kier alpha value is -3.11. The highest BCUT2D eigenvalue weighted by atomic mass is 32.2. The number of anilines is 2. The molecule has 5 nitrogen and oxygen atoms in total. The second-order valence-corrected chi connectivity index (χ2v) is 9.44. The smallest absolute Gasteiger partial charge is 0.360 e. The van der Waals surface area contributed by atoms with Crippen molar-refractivity contribution in [2.24, 2.45) is 0 Å². The average molecular weight is 464 g/mol. The third-order valence-electron chi connectivity index (χ3n) is 4.64. The Kier molecular flexibility index (Phi) is 5.36. The highest BCUT2D eigenvalue weighted by Crippen LogP contribution is 2.39. The standard InChI is InChI=1S/C21H15F3N2O3S2/c22-21(23,24)15-7-4-8-16(11-15)25-12-18-19(27)20-17(9-10-30-20)26(31(18,28)29)13-14-5-2-1-3-6-14/h1-12,25H,13H2/b18-12+. The number of allylic oxidation sites excluding steroid dienone is 1. The lowest BCUT2D eigenvalue weighted by Gasteiger charge is -2.29. The Morgan fingerprint density at radius 1 is 1.03 bits per heavy atom. The molecule has 1 aromatic heterocycles. The second-order valence-electron chi connectivity index (χ2n) is 6.69. The number of halogens is 3. The number of alkyl halides is 3. The highest BCUT2D eigenvalue weighted by Gasteiger charge is 2.41. The zero-order chi connectivity index (χ0) is 22.2. The highest BCUT2D eigenvalue weighted by molar-refractivity contribution is 7.97. The fourth-order valence-electron chi connectivity index (χ4n) is 3.14. The summed E-state index contributed by atoms with van der Waals surface area (Å²) in [7, 11) is -4.24. The van der Waals surface area contributed by atoms with E-state index in [4.69, 9.17) is 0 Å². The van der Waals surface area contributed by atoms with E-state index in [1.54, 1.807) is 41.8 Å². The molecule has 4 rings (SSSR count). The largest absolute Gasteiger partial charge is 0.416 e. The van der Waals surface area contributed by atoms with Gasteiger partial charge in [-0.05, 0) is 35.2 Å². The topological polar surface area (TPSA) is 66.5 Å². The molecule has 0 aliphatic carbocycles. The van der Waals surface area contributed by atoms with Gasteiger partial charge < -0.3 is 5.32 Å². The van der Waals surface area contributed by atoms with Crippen molar-refractivity contribution < 1.29 is 26.4 Å². The molecule has 2 aromatic carbocycles. The Balaban J connectivity index is 1.72. The lowest BCUT2D eigenvalue weighted by Crippen LogP contribution is -2.38. The maximum absolute atomic E-state index is 13.3. The number of rotatable bonds is 4. The van der Waals surface area contributed by atoms with E-state index in [1.165, 1.54) is 12.1 Å². The van der Waals surface area contributed by atoms with Crippen molar-refractivity contribution in [3.8, 4) is 0 Å². The van der Waals surface area contributed by atoms with Crippen molar-refractivity contribution in [1.82, 2.24) is 0 Å². The van der Waals surface area contributed by atoms with Crippen LogP contribution in [-0.4, -0.2) is 14.2 Å². The predicted molar refractivity (Wildman–Crippen MR) is 113 cm³/mol. The van der Waals surface area contributed by atoms with Gasteiger partial charge in [0.05, 0.1) is 17.8 Å². The summed E-state index contributed by atoms with van der Waals surface area (Å²) in [6.07, 6.45) is -3.59. The first-order valence-electron chi connectivity index (χ1n) is 9.01. The molecule has 0 amide bonds. The molecular formula is C21H15F3N2O3S2. The van der Waals surface area contributed by atoms with Gasteiger partial charge in [-0.2, -0.15) is 13.2 Å². The molecule has 0 spiro atoms. The van der Waals surface area contributed by atoms with Crippen molar-refractivity contribution in [1.29, 1.82) is 0 Å². The van der Waals surface area contributed by atoms with Crippen molar-refractivity contribution in [2.45, 2.75) is 12.7 Å². The summed E-state index contributed by atoms with van der Waals surface area (Å²) in [4.78, 5) is 12.6. The molecule has 0 bridgehead atoms. The number of nitrogens with one attached hydrogen (secondary N) is 1. The molecule has 3 aromatic rings. The Morgan fingerprint density at radius 2 is 1.77 bits per heavy atom. The zero-order valence-corrected chi connectivity index (χ0v) is 17.4. The summed E-state index contributed by atoms with van der Waals surface area (Å²) in [5, 5.41) is 4.16. The fourth-order valence-corrected chi connectivity index (χ4v) is 5.62.